The lowest BCUT2D eigenvalue weighted by atomic mass is 9.90. The minimum atomic E-state index is -1.11. The van der Waals surface area contributed by atoms with Gasteiger partial charge in [0, 0.05) is 30.2 Å². The second kappa shape index (κ2) is 18.8. The van der Waals surface area contributed by atoms with Crippen LogP contribution in [0, 0.1) is 17.3 Å². The fourth-order valence-electron chi connectivity index (χ4n) is 5.20. The molecule has 3 N–H and O–H groups in total. The van der Waals surface area contributed by atoms with Gasteiger partial charge in [0.2, 0.25) is 17.7 Å². The van der Waals surface area contributed by atoms with Gasteiger partial charge in [0.05, 0.1) is 24.1 Å². The van der Waals surface area contributed by atoms with Gasteiger partial charge in [-0.3, -0.25) is 14.4 Å². The Balaban J connectivity index is 1.92. The van der Waals surface area contributed by atoms with E-state index in [1.807, 2.05) is 57.2 Å². The van der Waals surface area contributed by atoms with Crippen molar-refractivity contribution in [1.29, 1.82) is 0 Å². The number of nitrogens with one attached hydrogen (secondary N) is 3. The summed E-state index contributed by atoms with van der Waals surface area (Å²) in [6.07, 6.45) is 6.72. The number of esters is 1. The van der Waals surface area contributed by atoms with E-state index >= 15 is 0 Å². The molecule has 0 spiro atoms. The van der Waals surface area contributed by atoms with E-state index < -0.39 is 47.3 Å². The van der Waals surface area contributed by atoms with E-state index in [4.69, 9.17) is 26.6 Å². The van der Waals surface area contributed by atoms with Crippen molar-refractivity contribution in [2.24, 2.45) is 22.4 Å². The molecule has 3 amide bonds. The highest BCUT2D eigenvalue weighted by Gasteiger charge is 2.35. The number of hydrogen-bond donors (Lipinski definition) is 3. The Kier molecular flexibility index (Phi) is 14.9. The first-order valence-electron chi connectivity index (χ1n) is 16.6. The van der Waals surface area contributed by atoms with Crippen LogP contribution in [0.2, 0.25) is 5.02 Å². The van der Waals surface area contributed by atoms with Gasteiger partial charge in [-0.2, -0.15) is 0 Å². The number of ether oxygens (including phenoxy) is 2. The number of rotatable bonds is 10. The molecule has 2 aromatic rings. The third-order valence-corrected chi connectivity index (χ3v) is 8.58. The number of methoxy groups -OCH3 is 1. The lowest BCUT2D eigenvalue weighted by molar-refractivity contribution is -0.155. The first-order chi connectivity index (χ1) is 23.7. The first-order valence-corrected chi connectivity index (χ1v) is 17.0. The molecule has 1 unspecified atom stereocenters. The Bertz CT molecular complexity index is 1620. The number of carbonyl (C=O) groups excluding carboxylic acids is 4. The van der Waals surface area contributed by atoms with E-state index in [9.17, 15) is 19.2 Å². The van der Waals surface area contributed by atoms with Crippen LogP contribution >= 0.6 is 11.6 Å². The highest BCUT2D eigenvalue weighted by Crippen LogP contribution is 2.26. The molecule has 0 bridgehead atoms. The number of amides is 3. The van der Waals surface area contributed by atoms with Crippen molar-refractivity contribution in [3.05, 3.63) is 92.8 Å². The fraction of sp³-hybridized carbons (Fsp3) is 0.459. The summed E-state index contributed by atoms with van der Waals surface area (Å²) in [7, 11) is 1.50. The number of benzene rings is 2. The van der Waals surface area contributed by atoms with Gasteiger partial charge in [0.15, 0.2) is 0 Å². The van der Waals surface area contributed by atoms with Gasteiger partial charge in [0.1, 0.15) is 23.9 Å². The second-order valence-corrected chi connectivity index (χ2v) is 13.9. The van der Waals surface area contributed by atoms with Crippen molar-refractivity contribution in [3.63, 3.8) is 0 Å². The normalized spacial score (nSPS) is 21.7. The zero-order chi connectivity index (χ0) is 36.8. The van der Waals surface area contributed by atoms with Crippen molar-refractivity contribution in [1.82, 2.24) is 16.0 Å². The van der Waals surface area contributed by atoms with Gasteiger partial charge in [-0.25, -0.2) is 4.79 Å². The third kappa shape index (κ3) is 12.3. The number of nitrogens with zero attached hydrogens (tertiary/aromatic N) is 3. The summed E-state index contributed by atoms with van der Waals surface area (Å²) in [6, 6.07) is 10.7. The van der Waals surface area contributed by atoms with Crippen LogP contribution < -0.4 is 20.7 Å². The monoisotopic (exact) mass is 706 g/mol. The van der Waals surface area contributed by atoms with Crippen molar-refractivity contribution >= 4 is 41.4 Å². The van der Waals surface area contributed by atoms with Crippen LogP contribution in [0.4, 0.5) is 0 Å². The first kappa shape index (κ1) is 39.6. The summed E-state index contributed by atoms with van der Waals surface area (Å²) in [5.74, 6) is -1.75. The quantitative estimate of drug-likeness (QED) is 0.117. The fourth-order valence-corrected chi connectivity index (χ4v) is 5.48. The average Bonchev–Trinajstić information content (AvgIpc) is 3.07. The Hall–Kier alpha value is -4.80. The van der Waals surface area contributed by atoms with Gasteiger partial charge in [-0.05, 0) is 66.6 Å². The maximum atomic E-state index is 13.6. The number of halogens is 1. The van der Waals surface area contributed by atoms with Crippen LogP contribution in [0.3, 0.4) is 0 Å². The highest BCUT2D eigenvalue weighted by molar-refractivity contribution is 6.32. The highest BCUT2D eigenvalue weighted by atomic mass is 35.5. The van der Waals surface area contributed by atoms with Crippen LogP contribution in [0.5, 0.6) is 5.75 Å². The summed E-state index contributed by atoms with van der Waals surface area (Å²) >= 11 is 6.32. The molecule has 13 heteroatoms. The Labute approximate surface area is 298 Å². The van der Waals surface area contributed by atoms with Crippen molar-refractivity contribution in [3.8, 4) is 5.75 Å². The topological polar surface area (TPSA) is 172 Å². The van der Waals surface area contributed by atoms with Crippen LogP contribution in [0.15, 0.2) is 65.8 Å². The predicted molar refractivity (Wildman–Crippen MR) is 193 cm³/mol. The van der Waals surface area contributed by atoms with Crippen LogP contribution in [-0.4, -0.2) is 55.5 Å². The van der Waals surface area contributed by atoms with E-state index in [0.29, 0.717) is 22.8 Å². The molecule has 268 valence electrons. The molecular weight excluding hydrogens is 660 g/mol. The SMILES string of the molecule is COc1ccc(C[C@H]2NC(=O)/C=C/C[C@@H](C(C)/C=C/c3ccc(CN=[N+]=[N-])cc3)OC(=O)[C@H](CC(C)C)NC(=O)C(C)(C)CNC2=O)cc1Cl. The second-order valence-electron chi connectivity index (χ2n) is 13.5. The van der Waals surface area contributed by atoms with Gasteiger partial charge < -0.3 is 25.4 Å². The molecule has 3 rings (SSSR count). The molecule has 0 radical (unpaired) electrons. The summed E-state index contributed by atoms with van der Waals surface area (Å²) < 4.78 is 11.3. The summed E-state index contributed by atoms with van der Waals surface area (Å²) in [5, 5.41) is 12.4. The number of cyclic esters (lactones) is 1. The smallest absolute Gasteiger partial charge is 0.328 e. The maximum absolute atomic E-state index is 13.6. The molecule has 0 fully saturated rings. The Morgan fingerprint density at radius 2 is 1.76 bits per heavy atom. The third-order valence-electron chi connectivity index (χ3n) is 8.29. The molecule has 0 saturated heterocycles. The molecule has 2 aromatic carbocycles. The van der Waals surface area contributed by atoms with Crippen molar-refractivity contribution in [2.45, 2.75) is 78.6 Å². The lowest BCUT2D eigenvalue weighted by Crippen LogP contribution is -2.54. The van der Waals surface area contributed by atoms with Gasteiger partial charge in [-0.1, -0.05) is 86.0 Å². The zero-order valence-corrected chi connectivity index (χ0v) is 30.2. The van der Waals surface area contributed by atoms with Gasteiger partial charge in [-0.15, -0.1) is 0 Å². The molecule has 50 heavy (non-hydrogen) atoms. The minimum Gasteiger partial charge on any atom is -0.495 e. The zero-order valence-electron chi connectivity index (χ0n) is 29.4. The van der Waals surface area contributed by atoms with E-state index in [1.54, 1.807) is 38.1 Å². The average molecular weight is 707 g/mol. The molecule has 12 nitrogen and oxygen atoms in total. The van der Waals surface area contributed by atoms with Gasteiger partial charge >= 0.3 is 5.97 Å². The molecule has 1 heterocycles. The largest absolute Gasteiger partial charge is 0.495 e. The standard InChI is InChI=1S/C37H47ClN6O6/c1-23(2)18-30-35(47)50-31(24(3)10-11-25-12-14-26(15-13-25)21-41-44-39)8-7-9-33(45)42-29(20-27-16-17-32(49-6)28(38)19-27)34(46)40-22-37(4,5)36(48)43-30/h7,9-17,19,23-24,29-31H,8,18,20-22H2,1-6H3,(H,40,46)(H,42,45)(H,43,48)/b9-7+,11-10+/t24?,29-,30+,31+/m1/s1. The van der Waals surface area contributed by atoms with Crippen LogP contribution in [0.25, 0.3) is 16.5 Å². The molecule has 1 aliphatic rings. The molecular formula is C37H47ClN6O6. The molecule has 0 saturated carbocycles. The van der Waals surface area contributed by atoms with Crippen molar-refractivity contribution < 1.29 is 28.7 Å². The molecule has 1 aliphatic heterocycles. The van der Waals surface area contributed by atoms with E-state index in [1.165, 1.54) is 13.2 Å². The number of azide groups is 1. The van der Waals surface area contributed by atoms with E-state index in [0.717, 1.165) is 11.1 Å². The maximum Gasteiger partial charge on any atom is 0.328 e. The predicted octanol–water partition coefficient (Wildman–Crippen LogP) is 6.08. The number of carbonyl (C=O) groups is 4. The summed E-state index contributed by atoms with van der Waals surface area (Å²) in [6.45, 7) is 9.33. The number of hydrogen-bond acceptors (Lipinski definition) is 7. The van der Waals surface area contributed by atoms with E-state index in [2.05, 4.69) is 26.0 Å². The summed E-state index contributed by atoms with van der Waals surface area (Å²) in [4.78, 5) is 56.6. The molecule has 4 atom stereocenters. The lowest BCUT2D eigenvalue weighted by Gasteiger charge is -2.30. The van der Waals surface area contributed by atoms with E-state index in [-0.39, 0.29) is 37.8 Å². The Morgan fingerprint density at radius 3 is 2.40 bits per heavy atom. The molecule has 0 aliphatic carbocycles. The van der Waals surface area contributed by atoms with Crippen molar-refractivity contribution in [2.75, 3.05) is 13.7 Å². The van der Waals surface area contributed by atoms with Crippen LogP contribution in [-0.2, 0) is 36.9 Å². The molecule has 0 aromatic heterocycles. The minimum absolute atomic E-state index is 0.0519. The summed E-state index contributed by atoms with van der Waals surface area (Å²) in [5.41, 5.74) is 9.93. The van der Waals surface area contributed by atoms with Crippen LogP contribution in [0.1, 0.15) is 64.2 Å². The Morgan fingerprint density at radius 1 is 1.06 bits per heavy atom. The van der Waals surface area contributed by atoms with Gasteiger partial charge in [0.25, 0.3) is 0 Å².